The van der Waals surface area contributed by atoms with E-state index in [1.54, 1.807) is 0 Å². The zero-order valence-electron chi connectivity index (χ0n) is 33.9. The highest BCUT2D eigenvalue weighted by Gasteiger charge is 2.35. The second kappa shape index (κ2) is 13.1. The number of hydrogen-bond acceptors (Lipinski definition) is 2. The fourth-order valence-corrected chi connectivity index (χ4v) is 10.2. The van der Waals surface area contributed by atoms with Gasteiger partial charge in [-0.3, -0.25) is 9.13 Å². The van der Waals surface area contributed by atoms with Crippen LogP contribution >= 0.6 is 0 Å². The van der Waals surface area contributed by atoms with E-state index in [4.69, 9.17) is 9.97 Å². The normalized spacial score (nSPS) is 15.1. The average molecular weight is 771 g/mol. The number of fused-ring (bicyclic) bond motifs is 7. The van der Waals surface area contributed by atoms with Gasteiger partial charge in [-0.25, -0.2) is 9.97 Å². The molecular formula is C56H42N4. The van der Waals surface area contributed by atoms with Gasteiger partial charge in [-0.1, -0.05) is 160 Å². The summed E-state index contributed by atoms with van der Waals surface area (Å²) in [5.74, 6) is 2.29. The minimum absolute atomic E-state index is 0.0815. The molecule has 2 aliphatic carbocycles. The number of allylic oxidation sites excluding steroid dienone is 1. The van der Waals surface area contributed by atoms with Crippen molar-refractivity contribution >= 4 is 38.7 Å². The van der Waals surface area contributed by atoms with Crippen molar-refractivity contribution in [3.8, 4) is 56.4 Å². The Morgan fingerprint density at radius 2 is 1.13 bits per heavy atom. The second-order valence-corrected chi connectivity index (χ2v) is 17.1. The Morgan fingerprint density at radius 1 is 0.517 bits per heavy atom. The first-order chi connectivity index (χ1) is 29.4. The van der Waals surface area contributed by atoms with Crippen LogP contribution in [-0.4, -0.2) is 19.1 Å². The fourth-order valence-electron chi connectivity index (χ4n) is 10.2. The van der Waals surface area contributed by atoms with E-state index in [0.29, 0.717) is 5.92 Å². The molecule has 12 rings (SSSR count). The van der Waals surface area contributed by atoms with E-state index in [2.05, 4.69) is 212 Å². The highest BCUT2D eigenvalue weighted by atomic mass is 15.1. The molecule has 2 heterocycles. The summed E-state index contributed by atoms with van der Waals surface area (Å²) in [6, 6.07) is 62.0. The van der Waals surface area contributed by atoms with Crippen molar-refractivity contribution in [2.75, 3.05) is 0 Å². The predicted molar refractivity (Wildman–Crippen MR) is 249 cm³/mol. The molecule has 4 nitrogen and oxygen atoms in total. The molecule has 60 heavy (non-hydrogen) atoms. The van der Waals surface area contributed by atoms with Crippen molar-refractivity contribution < 1.29 is 0 Å². The Morgan fingerprint density at radius 3 is 1.87 bits per heavy atom. The van der Waals surface area contributed by atoms with Crippen LogP contribution in [0.15, 0.2) is 176 Å². The van der Waals surface area contributed by atoms with Gasteiger partial charge in [0.05, 0.1) is 33.8 Å². The third kappa shape index (κ3) is 5.10. The summed E-state index contributed by atoms with van der Waals surface area (Å²) in [5, 5.41) is 4.76. The average Bonchev–Trinajstić information content (AvgIpc) is 3.93. The molecule has 1 atom stereocenters. The maximum Gasteiger partial charge on any atom is 0.145 e. The van der Waals surface area contributed by atoms with Gasteiger partial charge in [-0.15, -0.1) is 0 Å². The molecule has 0 saturated heterocycles. The molecule has 0 radical (unpaired) electrons. The van der Waals surface area contributed by atoms with Gasteiger partial charge in [0.15, 0.2) is 0 Å². The Hall–Kier alpha value is -7.30. The van der Waals surface area contributed by atoms with Gasteiger partial charge in [0.2, 0.25) is 0 Å². The summed E-state index contributed by atoms with van der Waals surface area (Å²) in [6.45, 7) is 7.01. The number of nitrogens with zero attached hydrogens (tertiary/aromatic N) is 4. The fraction of sp³-hybridized carbons (Fsp3) is 0.107. The topological polar surface area (TPSA) is 35.6 Å². The smallest absolute Gasteiger partial charge is 0.145 e. The van der Waals surface area contributed by atoms with Crippen molar-refractivity contribution in [2.45, 2.75) is 32.6 Å². The predicted octanol–water partition coefficient (Wildman–Crippen LogP) is 14.0. The van der Waals surface area contributed by atoms with Crippen LogP contribution in [0.1, 0.15) is 43.3 Å². The maximum absolute atomic E-state index is 5.36. The van der Waals surface area contributed by atoms with Crippen LogP contribution in [0.4, 0.5) is 0 Å². The molecule has 10 aromatic rings. The summed E-state index contributed by atoms with van der Waals surface area (Å²) in [4.78, 5) is 10.6. The monoisotopic (exact) mass is 770 g/mol. The standard InChI is InChI=1S/C56H42N4/c1-35-28-31-48-52(32-35)60(55(58-48)37-18-8-5-9-19-37)50-27-15-22-41-44(50)34-43-40(53(41)38-29-30-46-42(33-38)39-20-10-11-23-45(39)56(46,2)3)21-14-26-49(43)59-51-25-13-12-24-47(51)57-54(59)36-16-6-4-7-17-36/h4-31,33-35H,32H2,1-3H3. The molecule has 8 aromatic carbocycles. The number of hydrogen-bond donors (Lipinski definition) is 0. The molecule has 0 amide bonds. The highest BCUT2D eigenvalue weighted by molar-refractivity contribution is 6.17. The number of para-hydroxylation sites is 2. The first-order valence-electron chi connectivity index (χ1n) is 21.1. The lowest BCUT2D eigenvalue weighted by Crippen LogP contribution is -2.14. The number of rotatable bonds is 5. The molecule has 1 unspecified atom stereocenters. The number of imidazole rings is 2. The van der Waals surface area contributed by atoms with Gasteiger partial charge in [0.1, 0.15) is 11.6 Å². The Balaban J connectivity index is 1.22. The van der Waals surface area contributed by atoms with Crippen LogP contribution in [0.3, 0.4) is 0 Å². The molecule has 4 heteroatoms. The van der Waals surface area contributed by atoms with Crippen molar-refractivity contribution in [1.82, 2.24) is 19.1 Å². The summed E-state index contributed by atoms with van der Waals surface area (Å²) in [6.07, 6.45) is 5.42. The number of aromatic nitrogens is 4. The van der Waals surface area contributed by atoms with E-state index >= 15 is 0 Å². The van der Waals surface area contributed by atoms with Crippen LogP contribution in [0.2, 0.25) is 0 Å². The van der Waals surface area contributed by atoms with Gasteiger partial charge in [-0.05, 0) is 99.0 Å². The Kier molecular flexibility index (Phi) is 7.58. The molecule has 0 N–H and O–H groups in total. The van der Waals surface area contributed by atoms with E-state index < -0.39 is 0 Å². The highest BCUT2D eigenvalue weighted by Crippen LogP contribution is 2.51. The van der Waals surface area contributed by atoms with Gasteiger partial charge in [0.25, 0.3) is 0 Å². The molecule has 0 fully saturated rings. The first-order valence-corrected chi connectivity index (χ1v) is 21.1. The number of benzene rings is 8. The van der Waals surface area contributed by atoms with Crippen molar-refractivity contribution in [1.29, 1.82) is 0 Å². The quantitative estimate of drug-likeness (QED) is 0.163. The van der Waals surface area contributed by atoms with Crippen LogP contribution in [0, 0.1) is 5.92 Å². The van der Waals surface area contributed by atoms with E-state index in [1.165, 1.54) is 55.2 Å². The third-order valence-electron chi connectivity index (χ3n) is 13.1. The van der Waals surface area contributed by atoms with Crippen LogP contribution in [-0.2, 0) is 11.8 Å². The van der Waals surface area contributed by atoms with Crippen molar-refractivity contribution in [3.05, 3.63) is 198 Å². The SMILES string of the molecule is CC1C=Cc2nc(-c3ccccc3)n(-c3cccc4c(-c5ccc6c(c5)-c5ccccc5C6(C)C)c5cccc(-n6c(-c7ccccc7)nc7ccccc76)c5cc34)c2C1. The molecule has 0 aliphatic heterocycles. The lowest BCUT2D eigenvalue weighted by Gasteiger charge is -2.23. The van der Waals surface area contributed by atoms with Gasteiger partial charge in [0, 0.05) is 27.3 Å². The Bertz CT molecular complexity index is 3380. The molecule has 2 aliphatic rings. The van der Waals surface area contributed by atoms with E-state index in [9.17, 15) is 0 Å². The van der Waals surface area contributed by atoms with Crippen molar-refractivity contribution in [3.63, 3.8) is 0 Å². The molecule has 0 bridgehead atoms. The summed E-state index contributed by atoms with van der Waals surface area (Å²) in [5.41, 5.74) is 16.5. The first kappa shape index (κ1) is 34.7. The minimum Gasteiger partial charge on any atom is -0.295 e. The van der Waals surface area contributed by atoms with E-state index in [0.717, 1.165) is 62.7 Å². The van der Waals surface area contributed by atoms with Crippen LogP contribution < -0.4 is 0 Å². The second-order valence-electron chi connectivity index (χ2n) is 17.1. The van der Waals surface area contributed by atoms with Gasteiger partial charge >= 0.3 is 0 Å². The third-order valence-corrected chi connectivity index (χ3v) is 13.1. The molecule has 0 spiro atoms. The lowest BCUT2D eigenvalue weighted by molar-refractivity contribution is 0.660. The lowest BCUT2D eigenvalue weighted by atomic mass is 9.82. The molecule has 286 valence electrons. The largest absolute Gasteiger partial charge is 0.295 e. The molecule has 0 saturated carbocycles. The summed E-state index contributed by atoms with van der Waals surface area (Å²) >= 11 is 0. The zero-order chi connectivity index (χ0) is 40.1. The zero-order valence-corrected chi connectivity index (χ0v) is 33.9. The van der Waals surface area contributed by atoms with Gasteiger partial charge < -0.3 is 0 Å². The molecular weight excluding hydrogens is 729 g/mol. The summed E-state index contributed by atoms with van der Waals surface area (Å²) in [7, 11) is 0. The van der Waals surface area contributed by atoms with Gasteiger partial charge in [-0.2, -0.15) is 0 Å². The van der Waals surface area contributed by atoms with E-state index in [1.807, 2.05) is 0 Å². The maximum atomic E-state index is 5.36. The Labute approximate surface area is 349 Å². The van der Waals surface area contributed by atoms with E-state index in [-0.39, 0.29) is 5.41 Å². The van der Waals surface area contributed by atoms with Crippen molar-refractivity contribution in [2.24, 2.45) is 5.92 Å². The minimum atomic E-state index is -0.0815. The van der Waals surface area contributed by atoms with Crippen LogP contribution in [0.25, 0.3) is 95.1 Å². The summed E-state index contributed by atoms with van der Waals surface area (Å²) < 4.78 is 4.82. The molecule has 2 aromatic heterocycles. The van der Waals surface area contributed by atoms with Crippen LogP contribution in [0.5, 0.6) is 0 Å².